The van der Waals surface area contributed by atoms with E-state index in [2.05, 4.69) is 35.8 Å². The first-order chi connectivity index (χ1) is 11.3. The van der Waals surface area contributed by atoms with Crippen molar-refractivity contribution in [3.63, 3.8) is 0 Å². The van der Waals surface area contributed by atoms with Gasteiger partial charge < -0.3 is 9.88 Å². The van der Waals surface area contributed by atoms with Gasteiger partial charge in [-0.2, -0.15) is 0 Å². The molecule has 1 aliphatic heterocycles. The van der Waals surface area contributed by atoms with E-state index in [1.54, 1.807) is 0 Å². The number of H-pyrrole nitrogens is 1. The van der Waals surface area contributed by atoms with E-state index in [-0.39, 0.29) is 0 Å². The van der Waals surface area contributed by atoms with Crippen LogP contribution in [0.15, 0.2) is 36.5 Å². The summed E-state index contributed by atoms with van der Waals surface area (Å²) in [7, 11) is 0. The summed E-state index contributed by atoms with van der Waals surface area (Å²) in [4.78, 5) is 21.6. The van der Waals surface area contributed by atoms with Crippen molar-refractivity contribution in [3.8, 4) is 0 Å². The van der Waals surface area contributed by atoms with E-state index in [1.165, 1.54) is 0 Å². The Morgan fingerprint density at radius 1 is 1.04 bits per heavy atom. The van der Waals surface area contributed by atoms with E-state index >= 15 is 0 Å². The van der Waals surface area contributed by atoms with Gasteiger partial charge in [-0.15, -0.1) is 0 Å². The highest BCUT2D eigenvalue weighted by Crippen LogP contribution is 2.15. The standard InChI is InChI=1S/C17H20N6/c1-13-6-7-18-17(19-13)23-10-8-22(9-11-23)12-16-20-14-4-2-3-5-15(14)21-16/h2-7H,8-12H2,1H3,(H,20,21). The number of rotatable bonds is 3. The number of nitrogens with zero attached hydrogens (tertiary/aromatic N) is 5. The molecule has 0 unspecified atom stereocenters. The summed E-state index contributed by atoms with van der Waals surface area (Å²) >= 11 is 0. The van der Waals surface area contributed by atoms with Crippen molar-refractivity contribution >= 4 is 17.0 Å². The van der Waals surface area contributed by atoms with Crippen LogP contribution in [0.2, 0.25) is 0 Å². The van der Waals surface area contributed by atoms with Crippen LogP contribution in [-0.2, 0) is 6.54 Å². The van der Waals surface area contributed by atoms with Gasteiger partial charge >= 0.3 is 0 Å². The predicted molar refractivity (Wildman–Crippen MR) is 90.4 cm³/mol. The van der Waals surface area contributed by atoms with Crippen LogP contribution in [0, 0.1) is 6.92 Å². The first-order valence-corrected chi connectivity index (χ1v) is 7.98. The number of para-hydroxylation sites is 2. The van der Waals surface area contributed by atoms with Crippen molar-refractivity contribution in [1.82, 2.24) is 24.8 Å². The molecule has 1 fully saturated rings. The number of imidazole rings is 1. The van der Waals surface area contributed by atoms with E-state index < -0.39 is 0 Å². The normalized spacial score (nSPS) is 16.1. The maximum atomic E-state index is 4.66. The number of aryl methyl sites for hydroxylation is 1. The number of aromatic amines is 1. The summed E-state index contributed by atoms with van der Waals surface area (Å²) in [5.74, 6) is 1.87. The second-order valence-corrected chi connectivity index (χ2v) is 5.96. The van der Waals surface area contributed by atoms with Gasteiger partial charge in [-0.1, -0.05) is 12.1 Å². The minimum absolute atomic E-state index is 0.841. The highest BCUT2D eigenvalue weighted by atomic mass is 15.3. The van der Waals surface area contributed by atoms with Crippen LogP contribution in [0.5, 0.6) is 0 Å². The molecule has 6 nitrogen and oxygen atoms in total. The quantitative estimate of drug-likeness (QED) is 0.802. The zero-order valence-electron chi connectivity index (χ0n) is 13.2. The minimum atomic E-state index is 0.841. The number of nitrogens with one attached hydrogen (secondary N) is 1. The lowest BCUT2D eigenvalue weighted by Crippen LogP contribution is -2.46. The lowest BCUT2D eigenvalue weighted by molar-refractivity contribution is 0.244. The SMILES string of the molecule is Cc1ccnc(N2CCN(Cc3nc4ccccc4[nH]3)CC2)n1. The van der Waals surface area contributed by atoms with Gasteiger partial charge in [0.25, 0.3) is 0 Å². The predicted octanol–water partition coefficient (Wildman–Crippen LogP) is 1.98. The molecule has 4 rings (SSSR count). The zero-order valence-corrected chi connectivity index (χ0v) is 13.2. The average molecular weight is 308 g/mol. The molecule has 6 heteroatoms. The second-order valence-electron chi connectivity index (χ2n) is 5.96. The lowest BCUT2D eigenvalue weighted by Gasteiger charge is -2.34. The van der Waals surface area contributed by atoms with Crippen LogP contribution < -0.4 is 4.90 Å². The van der Waals surface area contributed by atoms with Crippen molar-refractivity contribution in [2.24, 2.45) is 0 Å². The van der Waals surface area contributed by atoms with E-state index in [9.17, 15) is 0 Å². The zero-order chi connectivity index (χ0) is 15.6. The summed E-state index contributed by atoms with van der Waals surface area (Å²) < 4.78 is 0. The Labute approximate surface area is 135 Å². The van der Waals surface area contributed by atoms with Gasteiger partial charge in [0.15, 0.2) is 0 Å². The molecule has 3 aromatic rings. The number of anilines is 1. The van der Waals surface area contributed by atoms with Gasteiger partial charge in [0.1, 0.15) is 5.82 Å². The summed E-state index contributed by atoms with van der Waals surface area (Å²) in [5, 5.41) is 0. The number of benzene rings is 1. The number of hydrogen-bond acceptors (Lipinski definition) is 5. The molecule has 0 spiro atoms. The van der Waals surface area contributed by atoms with Gasteiger partial charge in [0.2, 0.25) is 5.95 Å². The fourth-order valence-electron chi connectivity index (χ4n) is 2.99. The molecule has 1 saturated heterocycles. The Morgan fingerprint density at radius 3 is 2.65 bits per heavy atom. The highest BCUT2D eigenvalue weighted by Gasteiger charge is 2.19. The summed E-state index contributed by atoms with van der Waals surface area (Å²) in [6.07, 6.45) is 1.83. The van der Waals surface area contributed by atoms with Crippen LogP contribution in [-0.4, -0.2) is 51.0 Å². The van der Waals surface area contributed by atoms with Crippen molar-refractivity contribution in [1.29, 1.82) is 0 Å². The van der Waals surface area contributed by atoms with E-state index in [0.717, 1.165) is 61.2 Å². The largest absolute Gasteiger partial charge is 0.341 e. The lowest BCUT2D eigenvalue weighted by atomic mass is 10.3. The van der Waals surface area contributed by atoms with Crippen molar-refractivity contribution in [3.05, 3.63) is 48.0 Å². The van der Waals surface area contributed by atoms with Gasteiger partial charge in [0.05, 0.1) is 17.6 Å². The molecular weight excluding hydrogens is 288 g/mol. The van der Waals surface area contributed by atoms with E-state index in [1.807, 2.05) is 37.4 Å². The van der Waals surface area contributed by atoms with Crippen molar-refractivity contribution < 1.29 is 0 Å². The average Bonchev–Trinajstić information content (AvgIpc) is 2.98. The second kappa shape index (κ2) is 5.96. The molecule has 0 aliphatic carbocycles. The molecule has 0 bridgehead atoms. The smallest absolute Gasteiger partial charge is 0.225 e. The van der Waals surface area contributed by atoms with Crippen LogP contribution in [0.25, 0.3) is 11.0 Å². The molecular formula is C17H20N6. The van der Waals surface area contributed by atoms with Gasteiger partial charge in [-0.3, -0.25) is 4.90 Å². The Kier molecular flexibility index (Phi) is 3.67. The first kappa shape index (κ1) is 14.1. The van der Waals surface area contributed by atoms with Crippen LogP contribution in [0.1, 0.15) is 11.5 Å². The third kappa shape index (κ3) is 3.03. The Bertz CT molecular complexity index is 770. The summed E-state index contributed by atoms with van der Waals surface area (Å²) in [6.45, 7) is 6.75. The fourth-order valence-corrected chi connectivity index (χ4v) is 2.99. The van der Waals surface area contributed by atoms with Crippen LogP contribution in [0.3, 0.4) is 0 Å². The van der Waals surface area contributed by atoms with Crippen molar-refractivity contribution in [2.45, 2.75) is 13.5 Å². The summed E-state index contributed by atoms with van der Waals surface area (Å²) in [6, 6.07) is 10.1. The van der Waals surface area contributed by atoms with E-state index in [0.29, 0.717) is 0 Å². The van der Waals surface area contributed by atoms with Gasteiger partial charge in [0, 0.05) is 38.1 Å². The number of fused-ring (bicyclic) bond motifs is 1. The Balaban J connectivity index is 1.39. The first-order valence-electron chi connectivity index (χ1n) is 7.98. The molecule has 0 saturated carbocycles. The number of aromatic nitrogens is 4. The minimum Gasteiger partial charge on any atom is -0.341 e. The Hall–Kier alpha value is -2.47. The molecule has 1 aliphatic rings. The highest BCUT2D eigenvalue weighted by molar-refractivity contribution is 5.74. The van der Waals surface area contributed by atoms with Gasteiger partial charge in [-0.05, 0) is 25.1 Å². The molecule has 0 radical (unpaired) electrons. The molecule has 1 aromatic carbocycles. The molecule has 2 aromatic heterocycles. The molecule has 118 valence electrons. The van der Waals surface area contributed by atoms with E-state index in [4.69, 9.17) is 0 Å². The third-order valence-electron chi connectivity index (χ3n) is 4.25. The maximum absolute atomic E-state index is 4.66. The van der Waals surface area contributed by atoms with Crippen molar-refractivity contribution in [2.75, 3.05) is 31.1 Å². The monoisotopic (exact) mass is 308 g/mol. The molecule has 0 amide bonds. The Morgan fingerprint density at radius 2 is 1.87 bits per heavy atom. The number of hydrogen-bond donors (Lipinski definition) is 1. The third-order valence-corrected chi connectivity index (χ3v) is 4.25. The molecule has 23 heavy (non-hydrogen) atoms. The topological polar surface area (TPSA) is 60.9 Å². The van der Waals surface area contributed by atoms with Crippen LogP contribution in [0.4, 0.5) is 5.95 Å². The molecule has 1 N–H and O–H groups in total. The maximum Gasteiger partial charge on any atom is 0.225 e. The number of piperazine rings is 1. The molecule has 0 atom stereocenters. The van der Waals surface area contributed by atoms with Crippen LogP contribution >= 0.6 is 0 Å². The summed E-state index contributed by atoms with van der Waals surface area (Å²) in [5.41, 5.74) is 3.16. The van der Waals surface area contributed by atoms with Gasteiger partial charge in [-0.25, -0.2) is 15.0 Å². The molecule has 3 heterocycles. The fraction of sp³-hybridized carbons (Fsp3) is 0.353.